The molecule has 56 valence electrons. The first-order chi connectivity index (χ1) is 4.93. The van der Waals surface area contributed by atoms with Crippen LogP contribution in [0.25, 0.3) is 0 Å². The molecule has 0 aliphatic heterocycles. The van der Waals surface area contributed by atoms with Gasteiger partial charge in [0, 0.05) is 6.54 Å². The molecule has 1 rings (SSSR count). The third-order valence-electron chi connectivity index (χ3n) is 1.17. The number of nitrogens with one attached hydrogen (secondary N) is 1. The SMILES string of the molecule is OCCNCc1ccco1. The van der Waals surface area contributed by atoms with E-state index in [0.29, 0.717) is 13.1 Å². The van der Waals surface area contributed by atoms with Crippen molar-refractivity contribution >= 4 is 0 Å². The second-order valence-electron chi connectivity index (χ2n) is 1.98. The highest BCUT2D eigenvalue weighted by Crippen LogP contribution is 1.97. The lowest BCUT2D eigenvalue weighted by molar-refractivity contribution is 0.289. The Morgan fingerprint density at radius 1 is 1.60 bits per heavy atom. The standard InChI is InChI=1S/C7H11NO2/c9-4-3-8-6-7-2-1-5-10-7/h1-2,5,8-9H,3-4,6H2. The summed E-state index contributed by atoms with van der Waals surface area (Å²) in [5, 5.41) is 11.4. The quantitative estimate of drug-likeness (QED) is 0.595. The van der Waals surface area contributed by atoms with Gasteiger partial charge >= 0.3 is 0 Å². The summed E-state index contributed by atoms with van der Waals surface area (Å²) in [5.41, 5.74) is 0. The molecule has 3 heteroatoms. The maximum Gasteiger partial charge on any atom is 0.117 e. The highest BCUT2D eigenvalue weighted by atomic mass is 16.3. The zero-order valence-electron chi connectivity index (χ0n) is 5.71. The summed E-state index contributed by atoms with van der Waals surface area (Å²) in [6.45, 7) is 1.47. The summed E-state index contributed by atoms with van der Waals surface area (Å²) in [5.74, 6) is 0.897. The van der Waals surface area contributed by atoms with Gasteiger partial charge < -0.3 is 14.8 Å². The van der Waals surface area contributed by atoms with Crippen LogP contribution in [0.1, 0.15) is 5.76 Å². The average molecular weight is 141 g/mol. The van der Waals surface area contributed by atoms with E-state index in [-0.39, 0.29) is 6.61 Å². The van der Waals surface area contributed by atoms with Crippen LogP contribution in [0.4, 0.5) is 0 Å². The van der Waals surface area contributed by atoms with Crippen molar-refractivity contribution in [1.82, 2.24) is 5.32 Å². The van der Waals surface area contributed by atoms with Crippen molar-refractivity contribution in [3.63, 3.8) is 0 Å². The zero-order valence-corrected chi connectivity index (χ0v) is 5.71. The van der Waals surface area contributed by atoms with E-state index in [0.717, 1.165) is 5.76 Å². The Balaban J connectivity index is 2.15. The van der Waals surface area contributed by atoms with Crippen molar-refractivity contribution in [3.8, 4) is 0 Å². The van der Waals surface area contributed by atoms with Gasteiger partial charge in [-0.2, -0.15) is 0 Å². The molecule has 0 aliphatic carbocycles. The number of aliphatic hydroxyl groups excluding tert-OH is 1. The third-order valence-corrected chi connectivity index (χ3v) is 1.17. The highest BCUT2D eigenvalue weighted by Gasteiger charge is 1.91. The van der Waals surface area contributed by atoms with E-state index in [2.05, 4.69) is 5.32 Å². The van der Waals surface area contributed by atoms with Gasteiger partial charge in [-0.25, -0.2) is 0 Å². The van der Waals surface area contributed by atoms with Crippen LogP contribution < -0.4 is 5.32 Å². The Bertz CT molecular complexity index is 160. The summed E-state index contributed by atoms with van der Waals surface area (Å²) in [6.07, 6.45) is 1.63. The first kappa shape index (κ1) is 7.31. The summed E-state index contributed by atoms with van der Waals surface area (Å²) in [6, 6.07) is 3.74. The Morgan fingerprint density at radius 2 is 2.50 bits per heavy atom. The van der Waals surface area contributed by atoms with E-state index in [9.17, 15) is 0 Å². The van der Waals surface area contributed by atoms with Crippen LogP contribution in [0.2, 0.25) is 0 Å². The van der Waals surface area contributed by atoms with Crippen LogP contribution in [0.5, 0.6) is 0 Å². The van der Waals surface area contributed by atoms with E-state index in [1.807, 2.05) is 12.1 Å². The molecule has 1 heterocycles. The van der Waals surface area contributed by atoms with Gasteiger partial charge in [0.2, 0.25) is 0 Å². The van der Waals surface area contributed by atoms with Crippen LogP contribution in [-0.4, -0.2) is 18.3 Å². The lowest BCUT2D eigenvalue weighted by atomic mass is 10.4. The molecule has 0 radical (unpaired) electrons. The van der Waals surface area contributed by atoms with Crippen molar-refractivity contribution in [1.29, 1.82) is 0 Å². The summed E-state index contributed by atoms with van der Waals surface area (Å²) in [4.78, 5) is 0. The predicted molar refractivity (Wildman–Crippen MR) is 37.5 cm³/mol. The molecule has 0 atom stereocenters. The average Bonchev–Trinajstić information content (AvgIpc) is 2.41. The largest absolute Gasteiger partial charge is 0.468 e. The van der Waals surface area contributed by atoms with Gasteiger partial charge in [0.05, 0.1) is 19.4 Å². The molecule has 1 aromatic heterocycles. The van der Waals surface area contributed by atoms with Gasteiger partial charge in [-0.15, -0.1) is 0 Å². The van der Waals surface area contributed by atoms with Gasteiger partial charge in [-0.05, 0) is 12.1 Å². The summed E-state index contributed by atoms with van der Waals surface area (Å²) in [7, 11) is 0. The number of furan rings is 1. The van der Waals surface area contributed by atoms with Crippen LogP contribution in [0, 0.1) is 0 Å². The smallest absolute Gasteiger partial charge is 0.117 e. The van der Waals surface area contributed by atoms with Crippen LogP contribution in [0.3, 0.4) is 0 Å². The number of aliphatic hydroxyl groups is 1. The monoisotopic (exact) mass is 141 g/mol. The fourth-order valence-corrected chi connectivity index (χ4v) is 0.704. The molecule has 2 N–H and O–H groups in total. The van der Waals surface area contributed by atoms with E-state index >= 15 is 0 Å². The van der Waals surface area contributed by atoms with Gasteiger partial charge in [0.1, 0.15) is 5.76 Å². The normalized spacial score (nSPS) is 10.1. The second kappa shape index (κ2) is 4.09. The van der Waals surface area contributed by atoms with E-state index in [1.54, 1.807) is 6.26 Å². The maximum absolute atomic E-state index is 8.40. The van der Waals surface area contributed by atoms with E-state index in [1.165, 1.54) is 0 Å². The molecule has 0 unspecified atom stereocenters. The molecule has 0 spiro atoms. The molecule has 1 aromatic rings. The maximum atomic E-state index is 8.40. The van der Waals surface area contributed by atoms with Gasteiger partial charge in [0.25, 0.3) is 0 Å². The second-order valence-corrected chi connectivity index (χ2v) is 1.98. The summed E-state index contributed by atoms with van der Waals surface area (Å²) >= 11 is 0. The molecule has 10 heavy (non-hydrogen) atoms. The molecule has 0 saturated heterocycles. The Labute approximate surface area is 59.7 Å². The molecule has 0 amide bonds. The Hall–Kier alpha value is -0.800. The number of hydrogen-bond acceptors (Lipinski definition) is 3. The van der Waals surface area contributed by atoms with Crippen LogP contribution in [-0.2, 0) is 6.54 Å². The Morgan fingerprint density at radius 3 is 3.10 bits per heavy atom. The molecular formula is C7H11NO2. The van der Waals surface area contributed by atoms with Gasteiger partial charge in [0.15, 0.2) is 0 Å². The first-order valence-corrected chi connectivity index (χ1v) is 3.27. The van der Waals surface area contributed by atoms with E-state index < -0.39 is 0 Å². The fraction of sp³-hybridized carbons (Fsp3) is 0.429. The molecule has 0 aromatic carbocycles. The molecular weight excluding hydrogens is 130 g/mol. The summed E-state index contributed by atoms with van der Waals surface area (Å²) < 4.78 is 5.04. The third kappa shape index (κ3) is 2.21. The topological polar surface area (TPSA) is 45.4 Å². The van der Waals surface area contributed by atoms with Crippen molar-refractivity contribution in [2.45, 2.75) is 6.54 Å². The molecule has 0 bridgehead atoms. The van der Waals surface area contributed by atoms with Crippen LogP contribution in [0.15, 0.2) is 22.8 Å². The van der Waals surface area contributed by atoms with Crippen molar-refractivity contribution < 1.29 is 9.52 Å². The van der Waals surface area contributed by atoms with Crippen molar-refractivity contribution in [3.05, 3.63) is 24.2 Å². The minimum Gasteiger partial charge on any atom is -0.468 e. The lowest BCUT2D eigenvalue weighted by Gasteiger charge is -1.96. The van der Waals surface area contributed by atoms with Crippen LogP contribution >= 0.6 is 0 Å². The molecule has 0 saturated carbocycles. The molecule has 3 nitrogen and oxygen atoms in total. The minimum atomic E-state index is 0.167. The predicted octanol–water partition coefficient (Wildman–Crippen LogP) is 0.361. The van der Waals surface area contributed by atoms with Gasteiger partial charge in [-0.1, -0.05) is 0 Å². The molecule has 0 aliphatic rings. The lowest BCUT2D eigenvalue weighted by Crippen LogP contribution is -2.16. The fourth-order valence-electron chi connectivity index (χ4n) is 0.704. The van der Waals surface area contributed by atoms with Crippen molar-refractivity contribution in [2.24, 2.45) is 0 Å². The molecule has 0 fully saturated rings. The van der Waals surface area contributed by atoms with E-state index in [4.69, 9.17) is 9.52 Å². The first-order valence-electron chi connectivity index (χ1n) is 3.27. The van der Waals surface area contributed by atoms with Crippen molar-refractivity contribution in [2.75, 3.05) is 13.2 Å². The minimum absolute atomic E-state index is 0.167. The zero-order chi connectivity index (χ0) is 7.23. The highest BCUT2D eigenvalue weighted by molar-refractivity contribution is 4.97. The Kier molecular flexibility index (Phi) is 2.99. The number of hydrogen-bond donors (Lipinski definition) is 2. The number of rotatable bonds is 4. The van der Waals surface area contributed by atoms with Gasteiger partial charge in [-0.3, -0.25) is 0 Å².